The number of benzene rings is 3. The first-order valence-corrected chi connectivity index (χ1v) is 12.7. The molecule has 0 aliphatic carbocycles. The topological polar surface area (TPSA) is 96.9 Å². The standard InChI is InChI=1S/C26H27N3O4S/c30-26(21-11-7-13-23(17-21)33-19-20-9-3-1-4-10-20)28-22-12-8-14-24(18-22)34(31,32)29-25-15-5-2-6-16-27-25/h1,3-4,7-14,17-18H,2,5-6,15-16,19H2,(H,27,29)(H,28,30). The van der Waals surface area contributed by atoms with Crippen molar-refractivity contribution in [3.8, 4) is 5.75 Å². The number of ether oxygens (including phenoxy) is 1. The lowest BCUT2D eigenvalue weighted by Gasteiger charge is -2.12. The maximum absolute atomic E-state index is 12.8. The third kappa shape index (κ3) is 6.45. The highest BCUT2D eigenvalue weighted by Gasteiger charge is 2.18. The van der Waals surface area contributed by atoms with Crippen LogP contribution in [0.25, 0.3) is 0 Å². The lowest BCUT2D eigenvalue weighted by Crippen LogP contribution is -2.30. The van der Waals surface area contributed by atoms with Gasteiger partial charge in [-0.25, -0.2) is 8.42 Å². The first kappa shape index (κ1) is 23.5. The molecule has 8 heteroatoms. The van der Waals surface area contributed by atoms with Crippen LogP contribution < -0.4 is 14.8 Å². The molecule has 0 saturated carbocycles. The van der Waals surface area contributed by atoms with Crippen LogP contribution in [-0.2, 0) is 16.6 Å². The zero-order chi connectivity index (χ0) is 23.8. The maximum Gasteiger partial charge on any atom is 0.262 e. The number of sulfonamides is 1. The number of hydrogen-bond acceptors (Lipinski definition) is 5. The van der Waals surface area contributed by atoms with E-state index in [4.69, 9.17) is 4.74 Å². The number of amides is 1. The van der Waals surface area contributed by atoms with Crippen molar-refractivity contribution in [3.05, 3.63) is 90.0 Å². The second-order valence-electron chi connectivity index (χ2n) is 8.03. The Labute approximate surface area is 199 Å². The highest BCUT2D eigenvalue weighted by atomic mass is 32.2. The zero-order valence-corrected chi connectivity index (χ0v) is 19.6. The first-order chi connectivity index (χ1) is 16.5. The Hall–Kier alpha value is -3.65. The molecule has 1 amide bonds. The minimum atomic E-state index is -3.79. The van der Waals surface area contributed by atoms with Gasteiger partial charge in [-0.15, -0.1) is 0 Å². The van der Waals surface area contributed by atoms with Crippen LogP contribution in [0.5, 0.6) is 5.75 Å². The fourth-order valence-electron chi connectivity index (χ4n) is 3.58. The summed E-state index contributed by atoms with van der Waals surface area (Å²) in [5.74, 6) is 0.696. The zero-order valence-electron chi connectivity index (χ0n) is 18.7. The van der Waals surface area contributed by atoms with Crippen molar-refractivity contribution in [2.45, 2.75) is 37.2 Å². The number of hydrogen-bond donors (Lipinski definition) is 2. The fraction of sp³-hybridized carbons (Fsp3) is 0.231. The summed E-state index contributed by atoms with van der Waals surface area (Å²) in [5.41, 5.74) is 1.81. The lowest BCUT2D eigenvalue weighted by atomic mass is 10.2. The Morgan fingerprint density at radius 1 is 0.912 bits per heavy atom. The molecule has 1 aliphatic rings. The van der Waals surface area contributed by atoms with Crippen molar-refractivity contribution < 1.29 is 17.9 Å². The Kier molecular flexibility index (Phi) is 7.59. The van der Waals surface area contributed by atoms with Gasteiger partial charge in [0, 0.05) is 24.2 Å². The highest BCUT2D eigenvalue weighted by molar-refractivity contribution is 7.90. The van der Waals surface area contributed by atoms with Gasteiger partial charge >= 0.3 is 0 Å². The Morgan fingerprint density at radius 3 is 2.59 bits per heavy atom. The van der Waals surface area contributed by atoms with Gasteiger partial charge in [0.05, 0.1) is 4.90 Å². The van der Waals surface area contributed by atoms with E-state index in [0.717, 1.165) is 24.8 Å². The molecule has 3 aromatic rings. The number of nitrogens with zero attached hydrogens (tertiary/aromatic N) is 1. The summed E-state index contributed by atoms with van der Waals surface area (Å²) in [5, 5.41) is 2.77. The molecule has 0 fully saturated rings. The van der Waals surface area contributed by atoms with Crippen LogP contribution in [0.2, 0.25) is 0 Å². The molecule has 0 unspecified atom stereocenters. The van der Waals surface area contributed by atoms with Crippen LogP contribution in [0.1, 0.15) is 41.6 Å². The van der Waals surface area contributed by atoms with Gasteiger partial charge in [-0.1, -0.05) is 48.9 Å². The Bertz CT molecular complexity index is 1270. The van der Waals surface area contributed by atoms with Crippen molar-refractivity contribution in [2.24, 2.45) is 4.99 Å². The number of aliphatic imine (C=N–C) groups is 1. The molecule has 0 atom stereocenters. The van der Waals surface area contributed by atoms with Crippen molar-refractivity contribution in [1.29, 1.82) is 0 Å². The Morgan fingerprint density at radius 2 is 1.74 bits per heavy atom. The summed E-state index contributed by atoms with van der Waals surface area (Å²) >= 11 is 0. The molecule has 34 heavy (non-hydrogen) atoms. The highest BCUT2D eigenvalue weighted by Crippen LogP contribution is 2.19. The number of carbonyl (C=O) groups excluding carboxylic acids is 1. The van der Waals surface area contributed by atoms with Gasteiger partial charge in [-0.2, -0.15) is 0 Å². The lowest BCUT2D eigenvalue weighted by molar-refractivity contribution is 0.102. The van der Waals surface area contributed by atoms with Crippen LogP contribution in [0.4, 0.5) is 5.69 Å². The van der Waals surface area contributed by atoms with E-state index in [9.17, 15) is 13.2 Å². The average Bonchev–Trinajstić information content (AvgIpc) is 3.12. The van der Waals surface area contributed by atoms with Crippen LogP contribution in [0.3, 0.4) is 0 Å². The third-order valence-electron chi connectivity index (χ3n) is 5.37. The quantitative estimate of drug-likeness (QED) is 0.512. The second-order valence-corrected chi connectivity index (χ2v) is 9.71. The summed E-state index contributed by atoms with van der Waals surface area (Å²) < 4.78 is 34.1. The van der Waals surface area contributed by atoms with Gasteiger partial charge in [0.25, 0.3) is 15.9 Å². The SMILES string of the molecule is O=C(Nc1cccc(S(=O)(=O)NC2=NCCCCC2)c1)c1cccc(OCc2ccccc2)c1. The molecule has 0 saturated heterocycles. The number of rotatable bonds is 7. The average molecular weight is 478 g/mol. The summed E-state index contributed by atoms with van der Waals surface area (Å²) in [6.07, 6.45) is 3.52. The molecule has 1 heterocycles. The first-order valence-electron chi connectivity index (χ1n) is 11.2. The molecule has 0 bridgehead atoms. The van der Waals surface area contributed by atoms with E-state index in [1.165, 1.54) is 12.1 Å². The molecule has 0 radical (unpaired) electrons. The fourth-order valence-corrected chi connectivity index (χ4v) is 4.72. The monoisotopic (exact) mass is 477 g/mol. The summed E-state index contributed by atoms with van der Waals surface area (Å²) in [4.78, 5) is 17.2. The van der Waals surface area contributed by atoms with Gasteiger partial charge in [-0.3, -0.25) is 14.5 Å². The number of nitrogens with one attached hydrogen (secondary N) is 2. The van der Waals surface area contributed by atoms with Crippen molar-refractivity contribution >= 4 is 27.5 Å². The normalized spacial score (nSPS) is 13.9. The smallest absolute Gasteiger partial charge is 0.262 e. The minimum absolute atomic E-state index is 0.0668. The van der Waals surface area contributed by atoms with E-state index in [0.29, 0.717) is 42.4 Å². The van der Waals surface area contributed by atoms with E-state index in [1.54, 1.807) is 36.4 Å². The summed E-state index contributed by atoms with van der Waals surface area (Å²) in [6, 6.07) is 22.8. The second kappa shape index (κ2) is 11.0. The predicted octanol–water partition coefficient (Wildman–Crippen LogP) is 4.77. The van der Waals surface area contributed by atoms with Crippen LogP contribution in [-0.4, -0.2) is 26.7 Å². The van der Waals surface area contributed by atoms with Crippen LogP contribution >= 0.6 is 0 Å². The number of carbonyl (C=O) groups is 1. The predicted molar refractivity (Wildman–Crippen MR) is 133 cm³/mol. The number of anilines is 1. The van der Waals surface area contributed by atoms with Crippen LogP contribution in [0, 0.1) is 0 Å². The molecule has 7 nitrogen and oxygen atoms in total. The molecule has 3 aromatic carbocycles. The molecular weight excluding hydrogens is 450 g/mol. The molecule has 176 valence electrons. The summed E-state index contributed by atoms with van der Waals surface area (Å²) in [7, 11) is -3.79. The molecule has 0 aromatic heterocycles. The van der Waals surface area contributed by atoms with E-state index in [-0.39, 0.29) is 10.8 Å². The van der Waals surface area contributed by atoms with Crippen molar-refractivity contribution in [3.63, 3.8) is 0 Å². The molecule has 1 aliphatic heterocycles. The summed E-state index contributed by atoms with van der Waals surface area (Å²) in [6.45, 7) is 1.02. The van der Waals surface area contributed by atoms with Gasteiger partial charge < -0.3 is 10.1 Å². The van der Waals surface area contributed by atoms with Crippen molar-refractivity contribution in [1.82, 2.24) is 4.72 Å². The van der Waals surface area contributed by atoms with Gasteiger partial charge in [0.1, 0.15) is 18.2 Å². The van der Waals surface area contributed by atoms with E-state index < -0.39 is 10.0 Å². The minimum Gasteiger partial charge on any atom is -0.489 e. The van der Waals surface area contributed by atoms with E-state index >= 15 is 0 Å². The third-order valence-corrected chi connectivity index (χ3v) is 6.75. The molecular formula is C26H27N3O4S. The molecule has 4 rings (SSSR count). The van der Waals surface area contributed by atoms with Gasteiger partial charge in [0.2, 0.25) is 0 Å². The molecule has 0 spiro atoms. The maximum atomic E-state index is 12.8. The van der Waals surface area contributed by atoms with Gasteiger partial charge in [-0.05, 0) is 54.8 Å². The van der Waals surface area contributed by atoms with Crippen LogP contribution in [0.15, 0.2) is 88.8 Å². The van der Waals surface area contributed by atoms with Crippen molar-refractivity contribution in [2.75, 3.05) is 11.9 Å². The van der Waals surface area contributed by atoms with E-state index in [1.807, 2.05) is 30.3 Å². The number of amidine groups is 1. The largest absolute Gasteiger partial charge is 0.489 e. The van der Waals surface area contributed by atoms with E-state index in [2.05, 4.69) is 15.0 Å². The van der Waals surface area contributed by atoms with Gasteiger partial charge in [0.15, 0.2) is 0 Å². The molecule has 2 N–H and O–H groups in total. The Balaban J connectivity index is 1.42.